The zero-order chi connectivity index (χ0) is 66.7. The highest BCUT2D eigenvalue weighted by atomic mass is 16.6. The van der Waals surface area contributed by atoms with Crippen LogP contribution in [0.5, 0.6) is 23.0 Å². The summed E-state index contributed by atoms with van der Waals surface area (Å²) in [6.07, 6.45) is 2.15. The van der Waals surface area contributed by atoms with Gasteiger partial charge in [-0.25, -0.2) is 0 Å². The fraction of sp³-hybridized carbons (Fsp3) is 0.282. The lowest BCUT2D eigenvalue weighted by Crippen LogP contribution is -2.34. The van der Waals surface area contributed by atoms with Crippen molar-refractivity contribution in [2.24, 2.45) is 0 Å². The maximum Gasteiger partial charge on any atom is 0.306 e. The van der Waals surface area contributed by atoms with Gasteiger partial charge in [0.15, 0.2) is 12.2 Å². The molecule has 8 aromatic rings. The van der Waals surface area contributed by atoms with Crippen molar-refractivity contribution in [1.82, 2.24) is 0 Å². The van der Waals surface area contributed by atoms with E-state index in [0.29, 0.717) is 123 Å². The molecule has 0 N–H and O–H groups in total. The molecule has 17 heteroatoms. The predicted octanol–water partition coefficient (Wildman–Crippen LogP) is 15.1. The molecule has 8 rings (SSSR count). The molecule has 0 aliphatic heterocycles. The Kier molecular flexibility index (Phi) is 28.3. The Morgan fingerprint density at radius 3 is 0.705 bits per heavy atom. The number of ether oxygens (including phenoxy) is 9. The Morgan fingerprint density at radius 1 is 0.274 bits per heavy atom. The summed E-state index contributed by atoms with van der Waals surface area (Å²) in [6.45, 7) is 0.278. The molecule has 0 bridgehead atoms. The number of carbonyl (C=O) groups is 4. The van der Waals surface area contributed by atoms with Crippen LogP contribution in [0, 0.1) is 45.3 Å². The van der Waals surface area contributed by atoms with E-state index in [9.17, 15) is 19.2 Å². The van der Waals surface area contributed by atoms with E-state index >= 15 is 0 Å². The van der Waals surface area contributed by atoms with Gasteiger partial charge in [0.1, 0.15) is 36.2 Å². The molecule has 0 fully saturated rings. The molecule has 484 valence electrons. The summed E-state index contributed by atoms with van der Waals surface area (Å²) < 4.78 is 52.7. The topological polar surface area (TPSA) is 247 Å². The second-order valence-electron chi connectivity index (χ2n) is 22.2. The Balaban J connectivity index is 0.811. The molecule has 2 atom stereocenters. The number of hydrogen-bond donors (Lipinski definition) is 0. The predicted molar refractivity (Wildman–Crippen MR) is 356 cm³/mol. The van der Waals surface area contributed by atoms with Gasteiger partial charge in [0.05, 0.1) is 86.2 Å². The van der Waals surface area contributed by atoms with E-state index in [-0.39, 0.29) is 52.1 Å². The van der Waals surface area contributed by atoms with Crippen LogP contribution in [-0.2, 0) is 42.9 Å². The van der Waals surface area contributed by atoms with Gasteiger partial charge < -0.3 is 42.6 Å². The Morgan fingerprint density at radius 2 is 0.484 bits per heavy atom. The van der Waals surface area contributed by atoms with Crippen LogP contribution in [0.4, 0.5) is 0 Å². The second-order valence-corrected chi connectivity index (χ2v) is 22.2. The van der Waals surface area contributed by atoms with E-state index in [1.165, 1.54) is 0 Å². The summed E-state index contributed by atoms with van der Waals surface area (Å²) in [5, 5.41) is 36.5. The van der Waals surface area contributed by atoms with Crippen LogP contribution in [-0.4, -0.2) is 88.9 Å². The van der Waals surface area contributed by atoms with Crippen molar-refractivity contribution >= 4 is 23.9 Å². The average Bonchev–Trinajstić information content (AvgIpc) is 1.63. The van der Waals surface area contributed by atoms with E-state index in [0.717, 1.165) is 44.5 Å². The Bertz CT molecular complexity index is 3620. The summed E-state index contributed by atoms with van der Waals surface area (Å²) in [6, 6.07) is 68.2. The molecule has 0 amide bonds. The number of unbranched alkanes of at least 4 members (excludes halogenated alkanes) is 4. The van der Waals surface area contributed by atoms with Gasteiger partial charge >= 0.3 is 23.9 Å². The van der Waals surface area contributed by atoms with Gasteiger partial charge in [-0.15, -0.1) is 0 Å². The highest BCUT2D eigenvalue weighted by Gasteiger charge is 2.22. The van der Waals surface area contributed by atoms with Crippen LogP contribution < -0.4 is 18.9 Å². The first-order chi connectivity index (χ1) is 46.5. The maximum atomic E-state index is 13.4. The van der Waals surface area contributed by atoms with Crippen LogP contribution in [0.1, 0.15) is 99.3 Å². The smallest absolute Gasteiger partial charge is 0.306 e. The molecule has 0 saturated carbocycles. The molecule has 0 spiro atoms. The summed E-state index contributed by atoms with van der Waals surface area (Å²) in [5.41, 5.74) is 10.1. The zero-order valence-electron chi connectivity index (χ0n) is 52.9. The number of hydrogen-bond acceptors (Lipinski definition) is 17. The van der Waals surface area contributed by atoms with E-state index in [4.69, 9.17) is 63.7 Å². The van der Waals surface area contributed by atoms with Crippen molar-refractivity contribution in [3.63, 3.8) is 0 Å². The molecular weight excluding hydrogens is 1200 g/mol. The van der Waals surface area contributed by atoms with Crippen LogP contribution in [0.3, 0.4) is 0 Å². The van der Waals surface area contributed by atoms with Crippen molar-refractivity contribution in [2.45, 2.75) is 89.3 Å². The molecule has 8 aromatic carbocycles. The molecule has 0 aliphatic carbocycles. The highest BCUT2D eigenvalue weighted by molar-refractivity contribution is 5.72. The molecule has 95 heavy (non-hydrogen) atoms. The number of nitrogens with zero attached hydrogens (tertiary/aromatic N) is 4. The van der Waals surface area contributed by atoms with Gasteiger partial charge in [0, 0.05) is 25.7 Å². The lowest BCUT2D eigenvalue weighted by Gasteiger charge is -2.21. The van der Waals surface area contributed by atoms with Gasteiger partial charge in [-0.1, -0.05) is 97.1 Å². The monoisotopic (exact) mass is 1270 g/mol. The van der Waals surface area contributed by atoms with Crippen molar-refractivity contribution in [3.05, 3.63) is 216 Å². The van der Waals surface area contributed by atoms with Gasteiger partial charge in [-0.3, -0.25) is 19.2 Å². The number of nitriles is 4. The normalized spacial score (nSPS) is 11.2. The van der Waals surface area contributed by atoms with E-state index in [1.54, 1.807) is 48.5 Å². The van der Waals surface area contributed by atoms with Crippen LogP contribution >= 0.6 is 0 Å². The quantitative estimate of drug-likeness (QED) is 0.0198. The zero-order valence-corrected chi connectivity index (χ0v) is 52.9. The first kappa shape index (κ1) is 69.6. The third-order valence-corrected chi connectivity index (χ3v) is 15.0. The molecule has 0 aromatic heterocycles. The molecule has 0 radical (unpaired) electrons. The number of esters is 4. The first-order valence-corrected chi connectivity index (χ1v) is 31.7. The fourth-order valence-corrected chi connectivity index (χ4v) is 9.74. The highest BCUT2D eigenvalue weighted by Crippen LogP contribution is 2.28. The SMILES string of the molecule is N#Cc1ccc(-c2ccc(OCCCCC(=O)OCC(COCC(COC(=O)CCCCOc3ccc(-c4ccc(C#N)cc4)cc3)OC(=O)CCCCOc3ccc(-c4ccc(C#N)cc4)cc3)OC(=O)CCCCOc3ccc(-c4ccc(C#N)cc4)cc3)cc2)cc1. The minimum Gasteiger partial charge on any atom is -0.494 e. The standard InChI is InChI=1S/C78H74N4O13/c79-49-57-13-21-61(22-14-57)65-29-37-69(38-30-65)88-45-5-1-9-75(83)92-55-73(94-77(85)11-3-7-47-90-71-41-33-67(34-42-71)63-25-17-59(51-81)18-26-63)53-87-54-74(95-78(86)12-4-8-48-91-72-43-35-68(36-44-72)64-27-19-60(52-82)20-28-64)56-93-76(84)10-2-6-46-89-70-39-31-66(32-40-70)62-23-15-58(50-80)16-24-62/h13-44,73-74H,1-12,45-48,53-56H2. The van der Waals surface area contributed by atoms with Crippen molar-refractivity contribution in [1.29, 1.82) is 21.0 Å². The molecule has 0 saturated heterocycles. The van der Waals surface area contributed by atoms with Crippen molar-refractivity contribution in [2.75, 3.05) is 52.9 Å². The summed E-state index contributed by atoms with van der Waals surface area (Å²) >= 11 is 0. The third kappa shape index (κ3) is 24.4. The largest absolute Gasteiger partial charge is 0.494 e. The minimum absolute atomic E-state index is 0.0389. The molecule has 0 heterocycles. The van der Waals surface area contributed by atoms with E-state index in [2.05, 4.69) is 24.3 Å². The van der Waals surface area contributed by atoms with E-state index in [1.807, 2.05) is 146 Å². The lowest BCUT2D eigenvalue weighted by atomic mass is 10.0. The van der Waals surface area contributed by atoms with Gasteiger partial charge in [0.25, 0.3) is 0 Å². The second kappa shape index (κ2) is 38.6. The lowest BCUT2D eigenvalue weighted by molar-refractivity contribution is -0.169. The molecule has 0 aliphatic rings. The summed E-state index contributed by atoms with van der Waals surface area (Å²) in [5.74, 6) is 0.548. The first-order valence-electron chi connectivity index (χ1n) is 31.7. The number of rotatable bonds is 38. The fourth-order valence-electron chi connectivity index (χ4n) is 9.74. The molecule has 17 nitrogen and oxygen atoms in total. The van der Waals surface area contributed by atoms with Gasteiger partial charge in [-0.05, 0) is 193 Å². The third-order valence-electron chi connectivity index (χ3n) is 15.0. The van der Waals surface area contributed by atoms with Gasteiger partial charge in [-0.2, -0.15) is 21.0 Å². The Hall–Kier alpha value is -11.2. The summed E-state index contributed by atoms with van der Waals surface area (Å²) in [7, 11) is 0. The molecular formula is C78H74N4O13. The van der Waals surface area contributed by atoms with Crippen molar-refractivity contribution in [3.8, 4) is 91.8 Å². The average molecular weight is 1280 g/mol. The van der Waals surface area contributed by atoms with Crippen LogP contribution in [0.25, 0.3) is 44.5 Å². The van der Waals surface area contributed by atoms with Crippen molar-refractivity contribution < 1.29 is 61.8 Å². The number of carbonyl (C=O) groups excluding carboxylic acids is 4. The van der Waals surface area contributed by atoms with Gasteiger partial charge in [0.2, 0.25) is 0 Å². The molecule has 2 unspecified atom stereocenters. The number of benzene rings is 8. The van der Waals surface area contributed by atoms with Crippen LogP contribution in [0.15, 0.2) is 194 Å². The minimum atomic E-state index is -1.04. The maximum absolute atomic E-state index is 13.4. The Labute approximate surface area is 554 Å². The van der Waals surface area contributed by atoms with Crippen LogP contribution in [0.2, 0.25) is 0 Å². The summed E-state index contributed by atoms with van der Waals surface area (Å²) in [4.78, 5) is 53.0. The van der Waals surface area contributed by atoms with E-state index < -0.39 is 36.1 Å².